The predicted molar refractivity (Wildman–Crippen MR) is 45.5 cm³/mol. The standard InChI is InChI=1S/C8H11NS/c1-6-4-8(10-3)9-5-7(6)2/h4-5H,1-3H3. The summed E-state index contributed by atoms with van der Waals surface area (Å²) in [7, 11) is 0. The molecule has 0 aliphatic heterocycles. The third kappa shape index (κ3) is 1.51. The van der Waals surface area contributed by atoms with E-state index >= 15 is 0 Å². The average Bonchev–Trinajstić information content (AvgIpc) is 1.95. The topological polar surface area (TPSA) is 12.9 Å². The molecule has 0 aromatic carbocycles. The predicted octanol–water partition coefficient (Wildman–Crippen LogP) is 2.42. The van der Waals surface area contributed by atoms with Crippen molar-refractivity contribution in [2.45, 2.75) is 18.9 Å². The summed E-state index contributed by atoms with van der Waals surface area (Å²) < 4.78 is 0. The molecule has 1 rings (SSSR count). The maximum atomic E-state index is 4.22. The van der Waals surface area contributed by atoms with Crippen molar-refractivity contribution >= 4 is 11.8 Å². The first kappa shape index (κ1) is 7.61. The summed E-state index contributed by atoms with van der Waals surface area (Å²) >= 11 is 1.68. The number of thioether (sulfide) groups is 1. The normalized spacial score (nSPS) is 9.90. The molecule has 0 aliphatic carbocycles. The van der Waals surface area contributed by atoms with Crippen LogP contribution in [0.15, 0.2) is 17.3 Å². The van der Waals surface area contributed by atoms with Crippen LogP contribution in [0, 0.1) is 13.8 Å². The van der Waals surface area contributed by atoms with Crippen LogP contribution in [0.2, 0.25) is 0 Å². The molecular formula is C8H11NS. The minimum atomic E-state index is 1.10. The van der Waals surface area contributed by atoms with E-state index in [0.29, 0.717) is 0 Å². The summed E-state index contributed by atoms with van der Waals surface area (Å²) in [4.78, 5) is 4.22. The molecule has 1 aromatic rings. The molecule has 54 valence electrons. The minimum Gasteiger partial charge on any atom is -0.250 e. The fourth-order valence-electron chi connectivity index (χ4n) is 0.710. The molecule has 0 aliphatic rings. The van der Waals surface area contributed by atoms with Gasteiger partial charge in [0.15, 0.2) is 0 Å². The number of nitrogens with zero attached hydrogens (tertiary/aromatic N) is 1. The summed E-state index contributed by atoms with van der Waals surface area (Å²) in [6.07, 6.45) is 3.96. The Morgan fingerprint density at radius 3 is 2.50 bits per heavy atom. The Bertz CT molecular complexity index is 233. The van der Waals surface area contributed by atoms with Crippen molar-refractivity contribution < 1.29 is 0 Å². The molecule has 0 N–H and O–H groups in total. The summed E-state index contributed by atoms with van der Waals surface area (Å²) in [5.74, 6) is 0. The van der Waals surface area contributed by atoms with E-state index < -0.39 is 0 Å². The maximum Gasteiger partial charge on any atom is 0.0959 e. The molecule has 10 heavy (non-hydrogen) atoms. The highest BCUT2D eigenvalue weighted by Crippen LogP contribution is 2.14. The molecule has 0 bridgehead atoms. The summed E-state index contributed by atoms with van der Waals surface area (Å²) in [6, 6.07) is 2.11. The van der Waals surface area contributed by atoms with Crippen LogP contribution < -0.4 is 0 Å². The first-order valence-electron chi connectivity index (χ1n) is 3.21. The molecule has 1 heterocycles. The van der Waals surface area contributed by atoms with Crippen molar-refractivity contribution in [1.82, 2.24) is 4.98 Å². The largest absolute Gasteiger partial charge is 0.250 e. The monoisotopic (exact) mass is 153 g/mol. The van der Waals surface area contributed by atoms with Crippen LogP contribution in [0.3, 0.4) is 0 Å². The maximum absolute atomic E-state index is 4.22. The Balaban J connectivity index is 3.04. The van der Waals surface area contributed by atoms with E-state index in [-0.39, 0.29) is 0 Å². The highest BCUT2D eigenvalue weighted by Gasteiger charge is 1.94. The van der Waals surface area contributed by atoms with Crippen LogP contribution in [-0.4, -0.2) is 11.2 Å². The first-order valence-corrected chi connectivity index (χ1v) is 4.43. The van der Waals surface area contributed by atoms with Gasteiger partial charge >= 0.3 is 0 Å². The third-order valence-corrected chi connectivity index (χ3v) is 2.20. The molecule has 0 saturated heterocycles. The molecule has 0 radical (unpaired) electrons. The van der Waals surface area contributed by atoms with Gasteiger partial charge in [-0.05, 0) is 37.3 Å². The minimum absolute atomic E-state index is 1.10. The second-order valence-electron chi connectivity index (χ2n) is 2.31. The molecular weight excluding hydrogens is 142 g/mol. The highest BCUT2D eigenvalue weighted by molar-refractivity contribution is 7.98. The molecule has 0 amide bonds. The van der Waals surface area contributed by atoms with Gasteiger partial charge < -0.3 is 0 Å². The van der Waals surface area contributed by atoms with Crippen molar-refractivity contribution in [3.63, 3.8) is 0 Å². The Hall–Kier alpha value is -0.500. The van der Waals surface area contributed by atoms with Crippen LogP contribution in [-0.2, 0) is 0 Å². The van der Waals surface area contributed by atoms with E-state index in [1.165, 1.54) is 11.1 Å². The molecule has 1 nitrogen and oxygen atoms in total. The van der Waals surface area contributed by atoms with Crippen molar-refractivity contribution in [2.75, 3.05) is 6.26 Å². The summed E-state index contributed by atoms with van der Waals surface area (Å²) in [6.45, 7) is 4.18. The van der Waals surface area contributed by atoms with Gasteiger partial charge in [0.05, 0.1) is 5.03 Å². The van der Waals surface area contributed by atoms with Crippen molar-refractivity contribution in [3.8, 4) is 0 Å². The van der Waals surface area contributed by atoms with Gasteiger partial charge in [0.25, 0.3) is 0 Å². The van der Waals surface area contributed by atoms with E-state index in [0.717, 1.165) is 5.03 Å². The lowest BCUT2D eigenvalue weighted by Gasteiger charge is -1.99. The Kier molecular flexibility index (Phi) is 2.33. The number of aromatic nitrogens is 1. The zero-order valence-corrected chi connectivity index (χ0v) is 7.33. The lowest BCUT2D eigenvalue weighted by atomic mass is 10.2. The van der Waals surface area contributed by atoms with Crippen LogP contribution in [0.1, 0.15) is 11.1 Å². The smallest absolute Gasteiger partial charge is 0.0959 e. The van der Waals surface area contributed by atoms with Crippen LogP contribution in [0.25, 0.3) is 0 Å². The van der Waals surface area contributed by atoms with Crippen LogP contribution >= 0.6 is 11.8 Å². The number of rotatable bonds is 1. The molecule has 0 spiro atoms. The summed E-state index contributed by atoms with van der Waals surface area (Å²) in [5, 5.41) is 1.10. The van der Waals surface area contributed by atoms with E-state index in [1.54, 1.807) is 11.8 Å². The van der Waals surface area contributed by atoms with Gasteiger partial charge in [-0.25, -0.2) is 4.98 Å². The van der Waals surface area contributed by atoms with Gasteiger partial charge in [-0.15, -0.1) is 11.8 Å². The molecule has 1 aromatic heterocycles. The summed E-state index contributed by atoms with van der Waals surface area (Å²) in [5.41, 5.74) is 2.58. The van der Waals surface area contributed by atoms with E-state index in [9.17, 15) is 0 Å². The van der Waals surface area contributed by atoms with Crippen molar-refractivity contribution in [1.29, 1.82) is 0 Å². The van der Waals surface area contributed by atoms with Gasteiger partial charge in [0, 0.05) is 6.20 Å². The lowest BCUT2D eigenvalue weighted by molar-refractivity contribution is 1.08. The Morgan fingerprint density at radius 2 is 2.00 bits per heavy atom. The fourth-order valence-corrected chi connectivity index (χ4v) is 1.16. The van der Waals surface area contributed by atoms with E-state index in [2.05, 4.69) is 24.9 Å². The number of aryl methyl sites for hydroxylation is 2. The Morgan fingerprint density at radius 1 is 1.30 bits per heavy atom. The molecule has 0 fully saturated rings. The average molecular weight is 153 g/mol. The molecule has 0 saturated carbocycles. The second kappa shape index (κ2) is 3.06. The Labute approximate surface area is 65.9 Å². The number of hydrogen-bond donors (Lipinski definition) is 0. The zero-order chi connectivity index (χ0) is 7.56. The van der Waals surface area contributed by atoms with Crippen molar-refractivity contribution in [2.24, 2.45) is 0 Å². The van der Waals surface area contributed by atoms with Crippen LogP contribution in [0.4, 0.5) is 0 Å². The van der Waals surface area contributed by atoms with Gasteiger partial charge in [0.2, 0.25) is 0 Å². The first-order chi connectivity index (χ1) is 4.74. The fraction of sp³-hybridized carbons (Fsp3) is 0.375. The lowest BCUT2D eigenvalue weighted by Crippen LogP contribution is -1.84. The zero-order valence-electron chi connectivity index (χ0n) is 6.51. The van der Waals surface area contributed by atoms with E-state index in [1.807, 2.05) is 12.5 Å². The molecule has 0 unspecified atom stereocenters. The highest BCUT2D eigenvalue weighted by atomic mass is 32.2. The molecule has 2 heteroatoms. The van der Waals surface area contributed by atoms with Gasteiger partial charge in [-0.1, -0.05) is 0 Å². The van der Waals surface area contributed by atoms with E-state index in [4.69, 9.17) is 0 Å². The van der Waals surface area contributed by atoms with Crippen molar-refractivity contribution in [3.05, 3.63) is 23.4 Å². The number of pyridine rings is 1. The van der Waals surface area contributed by atoms with Gasteiger partial charge in [-0.2, -0.15) is 0 Å². The SMILES string of the molecule is CSc1cc(C)c(C)cn1. The van der Waals surface area contributed by atoms with Gasteiger partial charge in [0.1, 0.15) is 0 Å². The van der Waals surface area contributed by atoms with Crippen LogP contribution in [0.5, 0.6) is 0 Å². The second-order valence-corrected chi connectivity index (χ2v) is 3.14. The quantitative estimate of drug-likeness (QED) is 0.575. The number of hydrogen-bond acceptors (Lipinski definition) is 2. The molecule has 0 atom stereocenters. The van der Waals surface area contributed by atoms with Gasteiger partial charge in [-0.3, -0.25) is 0 Å². The third-order valence-electron chi connectivity index (χ3n) is 1.56.